The third-order valence-electron chi connectivity index (χ3n) is 3.95. The van der Waals surface area contributed by atoms with E-state index in [1.807, 2.05) is 24.3 Å². The van der Waals surface area contributed by atoms with Crippen molar-refractivity contribution >= 4 is 21.6 Å². The largest absolute Gasteiger partial charge is 0.420 e. The highest BCUT2D eigenvalue weighted by molar-refractivity contribution is 9.10. The summed E-state index contributed by atoms with van der Waals surface area (Å²) in [5.74, 6) is 0. The maximum Gasteiger partial charge on any atom is 0.420 e. The second-order valence-corrected chi connectivity index (χ2v) is 7.55. The van der Waals surface area contributed by atoms with Crippen molar-refractivity contribution in [1.82, 2.24) is 9.38 Å². The summed E-state index contributed by atoms with van der Waals surface area (Å²) in [7, 11) is 0. The van der Waals surface area contributed by atoms with Gasteiger partial charge in [-0.05, 0) is 44.1 Å². The summed E-state index contributed by atoms with van der Waals surface area (Å²) >= 11 is 3.25. The number of alkyl halides is 3. The van der Waals surface area contributed by atoms with E-state index in [-0.39, 0.29) is 11.1 Å². The molecule has 2 heterocycles. The summed E-state index contributed by atoms with van der Waals surface area (Å²) in [6.07, 6.45) is -1.43. The molecule has 126 valence electrons. The van der Waals surface area contributed by atoms with E-state index in [0.29, 0.717) is 10.2 Å². The zero-order chi connectivity index (χ0) is 17.7. The fraction of sp³-hybridized carbons (Fsp3) is 0.278. The van der Waals surface area contributed by atoms with Gasteiger partial charge in [0.05, 0.1) is 11.8 Å². The summed E-state index contributed by atoms with van der Waals surface area (Å²) in [5, 5.41) is 0. The van der Waals surface area contributed by atoms with Crippen LogP contribution in [0.25, 0.3) is 16.8 Å². The predicted octanol–water partition coefficient (Wildman–Crippen LogP) is 6.08. The molecule has 0 unspecified atom stereocenters. The minimum absolute atomic E-state index is 0.00695. The van der Waals surface area contributed by atoms with Crippen LogP contribution < -0.4 is 0 Å². The average Bonchev–Trinajstić information content (AvgIpc) is 2.86. The molecule has 0 saturated heterocycles. The van der Waals surface area contributed by atoms with Crippen LogP contribution in [0.5, 0.6) is 0 Å². The molecule has 0 radical (unpaired) electrons. The van der Waals surface area contributed by atoms with Gasteiger partial charge in [0, 0.05) is 6.20 Å². The molecule has 0 spiro atoms. The number of halogens is 4. The maximum atomic E-state index is 13.4. The van der Waals surface area contributed by atoms with Crippen LogP contribution in [0.1, 0.15) is 31.9 Å². The topological polar surface area (TPSA) is 17.3 Å². The molecule has 1 aromatic carbocycles. The van der Waals surface area contributed by atoms with Crippen molar-refractivity contribution in [2.75, 3.05) is 0 Å². The molecule has 2 nitrogen and oxygen atoms in total. The Labute approximate surface area is 146 Å². The molecule has 0 N–H and O–H groups in total. The molecule has 0 fully saturated rings. The van der Waals surface area contributed by atoms with E-state index in [2.05, 4.69) is 41.7 Å². The van der Waals surface area contributed by atoms with Crippen molar-refractivity contribution in [3.63, 3.8) is 0 Å². The first-order chi connectivity index (χ1) is 11.1. The standard InChI is InChI=1S/C18H16BrF3N2/c1-17(2,3)13-6-4-11(5-7-13)12-8-14(18(20,21)22)16-23-9-15(19)24(16)10-12/h4-10H,1-3H3. The van der Waals surface area contributed by atoms with Crippen LogP contribution in [0.2, 0.25) is 0 Å². The van der Waals surface area contributed by atoms with E-state index in [9.17, 15) is 13.2 Å². The predicted molar refractivity (Wildman–Crippen MR) is 92.0 cm³/mol. The van der Waals surface area contributed by atoms with E-state index in [4.69, 9.17) is 0 Å². The number of aromatic nitrogens is 2. The number of hydrogen-bond acceptors (Lipinski definition) is 1. The Morgan fingerprint density at radius 1 is 1.00 bits per heavy atom. The van der Waals surface area contributed by atoms with Crippen LogP contribution >= 0.6 is 15.9 Å². The number of hydrogen-bond donors (Lipinski definition) is 0. The van der Waals surface area contributed by atoms with Gasteiger partial charge in [0.2, 0.25) is 0 Å². The normalized spacial score (nSPS) is 12.8. The Morgan fingerprint density at radius 2 is 1.62 bits per heavy atom. The maximum absolute atomic E-state index is 13.4. The number of fused-ring (bicyclic) bond motifs is 1. The third kappa shape index (κ3) is 3.07. The van der Waals surface area contributed by atoms with Gasteiger partial charge in [0.1, 0.15) is 10.3 Å². The monoisotopic (exact) mass is 396 g/mol. The Kier molecular flexibility index (Phi) is 3.98. The van der Waals surface area contributed by atoms with Gasteiger partial charge >= 0.3 is 6.18 Å². The van der Waals surface area contributed by atoms with Crippen molar-refractivity contribution in [2.24, 2.45) is 0 Å². The molecule has 6 heteroatoms. The summed E-state index contributed by atoms with van der Waals surface area (Å²) < 4.78 is 42.0. The number of rotatable bonds is 1. The van der Waals surface area contributed by atoms with Gasteiger partial charge < -0.3 is 0 Å². The second kappa shape index (κ2) is 5.62. The zero-order valence-corrected chi connectivity index (χ0v) is 15.0. The number of nitrogens with zero attached hydrogens (tertiary/aromatic N) is 2. The van der Waals surface area contributed by atoms with Crippen molar-refractivity contribution in [3.8, 4) is 11.1 Å². The van der Waals surface area contributed by atoms with Crippen LogP contribution in [0.15, 0.2) is 47.3 Å². The van der Waals surface area contributed by atoms with E-state index in [1.165, 1.54) is 10.6 Å². The van der Waals surface area contributed by atoms with Gasteiger partial charge in [-0.3, -0.25) is 4.40 Å². The fourth-order valence-corrected chi connectivity index (χ4v) is 2.96. The van der Waals surface area contributed by atoms with Gasteiger partial charge in [-0.1, -0.05) is 45.0 Å². The van der Waals surface area contributed by atoms with Gasteiger partial charge in [0.15, 0.2) is 0 Å². The lowest BCUT2D eigenvalue weighted by atomic mass is 9.86. The Bertz CT molecular complexity index is 887. The molecular weight excluding hydrogens is 381 g/mol. The molecule has 0 aliphatic rings. The average molecular weight is 397 g/mol. The highest BCUT2D eigenvalue weighted by Crippen LogP contribution is 2.36. The van der Waals surface area contributed by atoms with E-state index < -0.39 is 11.7 Å². The first-order valence-corrected chi connectivity index (χ1v) is 8.21. The molecule has 0 amide bonds. The molecule has 0 aliphatic heterocycles. The molecule has 0 saturated carbocycles. The molecule has 3 aromatic rings. The van der Waals surface area contributed by atoms with Crippen LogP contribution in [0.4, 0.5) is 13.2 Å². The molecule has 0 aliphatic carbocycles. The van der Waals surface area contributed by atoms with Crippen LogP contribution in [0, 0.1) is 0 Å². The fourth-order valence-electron chi connectivity index (χ4n) is 2.59. The molecule has 2 aromatic heterocycles. The van der Waals surface area contributed by atoms with Gasteiger partial charge in [-0.2, -0.15) is 13.2 Å². The Hall–Kier alpha value is -1.82. The first-order valence-electron chi connectivity index (χ1n) is 7.42. The van der Waals surface area contributed by atoms with Crippen molar-refractivity contribution < 1.29 is 13.2 Å². The third-order valence-corrected chi connectivity index (χ3v) is 4.54. The highest BCUT2D eigenvalue weighted by Gasteiger charge is 2.34. The lowest BCUT2D eigenvalue weighted by Crippen LogP contribution is -2.10. The van der Waals surface area contributed by atoms with Crippen LogP contribution in [-0.2, 0) is 11.6 Å². The number of pyridine rings is 1. The molecule has 3 rings (SSSR count). The van der Waals surface area contributed by atoms with Crippen LogP contribution in [0.3, 0.4) is 0 Å². The van der Waals surface area contributed by atoms with Crippen LogP contribution in [-0.4, -0.2) is 9.38 Å². The summed E-state index contributed by atoms with van der Waals surface area (Å²) in [6.45, 7) is 6.29. The molecule has 24 heavy (non-hydrogen) atoms. The van der Waals surface area contributed by atoms with Crippen molar-refractivity contribution in [3.05, 3.63) is 58.5 Å². The quantitative estimate of drug-likeness (QED) is 0.487. The Morgan fingerprint density at radius 3 is 2.17 bits per heavy atom. The Balaban J connectivity index is 2.18. The van der Waals surface area contributed by atoms with Gasteiger partial charge in [0.25, 0.3) is 0 Å². The lowest BCUT2D eigenvalue weighted by molar-refractivity contribution is -0.136. The SMILES string of the molecule is CC(C)(C)c1ccc(-c2cc(C(F)(F)F)c3ncc(Br)n3c2)cc1. The van der Waals surface area contributed by atoms with Gasteiger partial charge in [-0.15, -0.1) is 0 Å². The first kappa shape index (κ1) is 17.0. The lowest BCUT2D eigenvalue weighted by Gasteiger charge is -2.19. The van der Waals surface area contributed by atoms with E-state index in [0.717, 1.165) is 17.2 Å². The van der Waals surface area contributed by atoms with E-state index in [1.54, 1.807) is 6.20 Å². The van der Waals surface area contributed by atoms with Crippen molar-refractivity contribution in [2.45, 2.75) is 32.4 Å². The number of imidazole rings is 1. The van der Waals surface area contributed by atoms with Crippen molar-refractivity contribution in [1.29, 1.82) is 0 Å². The zero-order valence-electron chi connectivity index (χ0n) is 13.4. The summed E-state index contributed by atoms with van der Waals surface area (Å²) in [5.41, 5.74) is 1.50. The number of benzene rings is 1. The molecule has 0 atom stereocenters. The molecule has 0 bridgehead atoms. The second-order valence-electron chi connectivity index (χ2n) is 6.74. The highest BCUT2D eigenvalue weighted by atomic mass is 79.9. The summed E-state index contributed by atoms with van der Waals surface area (Å²) in [4.78, 5) is 3.86. The molecular formula is C18H16BrF3N2. The minimum atomic E-state index is -4.46. The van der Waals surface area contributed by atoms with E-state index >= 15 is 0 Å². The smallest absolute Gasteiger partial charge is 0.293 e. The summed E-state index contributed by atoms with van der Waals surface area (Å²) in [6, 6.07) is 8.77. The minimum Gasteiger partial charge on any atom is -0.293 e. The van der Waals surface area contributed by atoms with Gasteiger partial charge in [-0.25, -0.2) is 4.98 Å².